The fraction of sp³-hybridized carbons (Fsp3) is 0.667. The van der Waals surface area contributed by atoms with Gasteiger partial charge in [-0.05, 0) is 0 Å². The van der Waals surface area contributed by atoms with E-state index in [2.05, 4.69) is 10.4 Å². The third-order valence-electron chi connectivity index (χ3n) is 1.70. The van der Waals surface area contributed by atoms with Gasteiger partial charge in [-0.2, -0.15) is 5.10 Å². The first-order valence-electron chi connectivity index (χ1n) is 4.63. The Morgan fingerprint density at radius 1 is 1.43 bits per heavy atom. The normalized spacial score (nSPS) is 10.4. The van der Waals surface area contributed by atoms with Gasteiger partial charge in [-0.15, -0.1) is 0 Å². The molecule has 1 heterocycles. The lowest BCUT2D eigenvalue weighted by molar-refractivity contribution is 0.0759. The molecule has 0 aliphatic carbocycles. The fourth-order valence-corrected chi connectivity index (χ4v) is 1.00. The zero-order chi connectivity index (χ0) is 10.2. The Balaban J connectivity index is 1.99. The van der Waals surface area contributed by atoms with Gasteiger partial charge in [-0.25, -0.2) is 0 Å². The summed E-state index contributed by atoms with van der Waals surface area (Å²) in [5, 5.41) is 7.31. The number of anilines is 1. The molecule has 0 aliphatic rings. The summed E-state index contributed by atoms with van der Waals surface area (Å²) in [5.74, 6) is 0.878. The van der Waals surface area contributed by atoms with E-state index in [0.717, 1.165) is 12.4 Å². The highest BCUT2D eigenvalue weighted by Gasteiger charge is 1.94. The fourth-order valence-electron chi connectivity index (χ4n) is 1.00. The van der Waals surface area contributed by atoms with Gasteiger partial charge >= 0.3 is 0 Å². The quantitative estimate of drug-likeness (QED) is 0.649. The van der Waals surface area contributed by atoms with Crippen LogP contribution in [0.15, 0.2) is 12.3 Å². The van der Waals surface area contributed by atoms with Crippen molar-refractivity contribution in [2.24, 2.45) is 7.05 Å². The Labute approximate surface area is 84.0 Å². The Bertz CT molecular complexity index is 250. The Morgan fingerprint density at radius 3 is 2.93 bits per heavy atom. The number of rotatable bonds is 7. The van der Waals surface area contributed by atoms with Gasteiger partial charge in [-0.1, -0.05) is 0 Å². The van der Waals surface area contributed by atoms with Gasteiger partial charge in [0.1, 0.15) is 5.82 Å². The van der Waals surface area contributed by atoms with Crippen LogP contribution in [0.25, 0.3) is 0 Å². The molecule has 1 rings (SSSR count). The number of nitrogens with zero attached hydrogens (tertiary/aromatic N) is 2. The van der Waals surface area contributed by atoms with E-state index in [-0.39, 0.29) is 0 Å². The predicted octanol–water partition coefficient (Wildman–Crippen LogP) is 0.495. The number of ether oxygens (including phenoxy) is 2. The Morgan fingerprint density at radius 2 is 2.29 bits per heavy atom. The number of hydrogen-bond donors (Lipinski definition) is 1. The summed E-state index contributed by atoms with van der Waals surface area (Å²) in [5.41, 5.74) is 0. The number of methoxy groups -OCH3 is 1. The van der Waals surface area contributed by atoms with Gasteiger partial charge in [0, 0.05) is 33.0 Å². The van der Waals surface area contributed by atoms with Gasteiger partial charge < -0.3 is 14.8 Å². The molecule has 80 valence electrons. The first kappa shape index (κ1) is 11.0. The van der Waals surface area contributed by atoms with E-state index in [1.807, 2.05) is 19.3 Å². The largest absolute Gasteiger partial charge is 0.382 e. The van der Waals surface area contributed by atoms with Crippen molar-refractivity contribution in [1.29, 1.82) is 0 Å². The van der Waals surface area contributed by atoms with E-state index in [9.17, 15) is 0 Å². The molecule has 0 unspecified atom stereocenters. The van der Waals surface area contributed by atoms with E-state index in [1.165, 1.54) is 0 Å². The summed E-state index contributed by atoms with van der Waals surface area (Å²) in [4.78, 5) is 0. The molecular weight excluding hydrogens is 182 g/mol. The van der Waals surface area contributed by atoms with Gasteiger partial charge in [0.05, 0.1) is 19.8 Å². The summed E-state index contributed by atoms with van der Waals surface area (Å²) in [6.07, 6.45) is 1.90. The van der Waals surface area contributed by atoms with E-state index < -0.39 is 0 Å². The summed E-state index contributed by atoms with van der Waals surface area (Å²) >= 11 is 0. The van der Waals surface area contributed by atoms with Crippen LogP contribution >= 0.6 is 0 Å². The monoisotopic (exact) mass is 199 g/mol. The maximum Gasteiger partial charge on any atom is 0.148 e. The highest BCUT2D eigenvalue weighted by atomic mass is 16.5. The lowest BCUT2D eigenvalue weighted by atomic mass is 10.6. The molecule has 1 aromatic heterocycles. The van der Waals surface area contributed by atoms with Gasteiger partial charge in [0.2, 0.25) is 0 Å². The molecule has 0 aliphatic heterocycles. The molecule has 0 spiro atoms. The molecule has 1 aromatic rings. The van der Waals surface area contributed by atoms with Crippen molar-refractivity contribution in [1.82, 2.24) is 9.78 Å². The standard InChI is InChI=1S/C9H17N3O2/c1-12-5-3-9(11-12)10-4-6-14-8-7-13-2/h3,5H,4,6-8H2,1-2H3,(H,10,11). The number of nitrogens with one attached hydrogen (secondary N) is 1. The smallest absolute Gasteiger partial charge is 0.148 e. The van der Waals surface area contributed by atoms with Crippen molar-refractivity contribution in [3.63, 3.8) is 0 Å². The zero-order valence-electron chi connectivity index (χ0n) is 8.69. The zero-order valence-corrected chi connectivity index (χ0v) is 8.69. The molecule has 14 heavy (non-hydrogen) atoms. The minimum Gasteiger partial charge on any atom is -0.382 e. The molecule has 0 saturated carbocycles. The van der Waals surface area contributed by atoms with Crippen molar-refractivity contribution in [3.05, 3.63) is 12.3 Å². The van der Waals surface area contributed by atoms with E-state index >= 15 is 0 Å². The SMILES string of the molecule is COCCOCCNc1ccn(C)n1. The van der Waals surface area contributed by atoms with Crippen LogP contribution in [0, 0.1) is 0 Å². The minimum absolute atomic E-state index is 0.639. The van der Waals surface area contributed by atoms with Crippen LogP contribution in [-0.2, 0) is 16.5 Å². The molecule has 0 aromatic carbocycles. The van der Waals surface area contributed by atoms with Crippen LogP contribution in [0.2, 0.25) is 0 Å². The number of aromatic nitrogens is 2. The third kappa shape index (κ3) is 4.25. The predicted molar refractivity (Wildman–Crippen MR) is 54.4 cm³/mol. The van der Waals surface area contributed by atoms with E-state index in [4.69, 9.17) is 9.47 Å². The van der Waals surface area contributed by atoms with Gasteiger partial charge in [-0.3, -0.25) is 4.68 Å². The van der Waals surface area contributed by atoms with Crippen LogP contribution in [-0.4, -0.2) is 43.3 Å². The molecule has 0 radical (unpaired) electrons. The number of hydrogen-bond acceptors (Lipinski definition) is 4. The van der Waals surface area contributed by atoms with Crippen molar-refractivity contribution < 1.29 is 9.47 Å². The molecule has 0 saturated heterocycles. The Kier molecular flexibility index (Phi) is 5.03. The molecule has 0 atom stereocenters. The molecule has 5 heteroatoms. The summed E-state index contributed by atoms with van der Waals surface area (Å²) in [6.45, 7) is 2.71. The summed E-state index contributed by atoms with van der Waals surface area (Å²) in [7, 11) is 3.55. The van der Waals surface area contributed by atoms with Crippen LogP contribution in [0.1, 0.15) is 0 Å². The van der Waals surface area contributed by atoms with Crippen molar-refractivity contribution >= 4 is 5.82 Å². The van der Waals surface area contributed by atoms with Crippen molar-refractivity contribution in [2.45, 2.75) is 0 Å². The Hall–Kier alpha value is -1.07. The van der Waals surface area contributed by atoms with Crippen molar-refractivity contribution in [3.8, 4) is 0 Å². The molecular formula is C9H17N3O2. The molecule has 0 bridgehead atoms. The highest BCUT2D eigenvalue weighted by molar-refractivity contribution is 5.31. The molecule has 0 amide bonds. The van der Waals surface area contributed by atoms with Crippen LogP contribution in [0.4, 0.5) is 5.82 Å². The highest BCUT2D eigenvalue weighted by Crippen LogP contribution is 1.99. The van der Waals surface area contributed by atoms with Crippen LogP contribution in [0.3, 0.4) is 0 Å². The van der Waals surface area contributed by atoms with Gasteiger partial charge in [0.15, 0.2) is 0 Å². The second-order valence-corrected chi connectivity index (χ2v) is 2.91. The second kappa shape index (κ2) is 6.39. The first-order chi connectivity index (χ1) is 6.83. The average molecular weight is 199 g/mol. The van der Waals surface area contributed by atoms with Crippen LogP contribution < -0.4 is 5.32 Å². The maximum absolute atomic E-state index is 5.28. The minimum atomic E-state index is 0.639. The van der Waals surface area contributed by atoms with Crippen LogP contribution in [0.5, 0.6) is 0 Å². The second-order valence-electron chi connectivity index (χ2n) is 2.91. The van der Waals surface area contributed by atoms with Crippen molar-refractivity contribution in [2.75, 3.05) is 38.8 Å². The molecule has 0 fully saturated rings. The molecule has 5 nitrogen and oxygen atoms in total. The average Bonchev–Trinajstić information content (AvgIpc) is 2.58. The first-order valence-corrected chi connectivity index (χ1v) is 4.63. The number of aryl methyl sites for hydroxylation is 1. The molecule has 1 N–H and O–H groups in total. The lowest BCUT2D eigenvalue weighted by Crippen LogP contribution is -2.12. The lowest BCUT2D eigenvalue weighted by Gasteiger charge is -2.04. The third-order valence-corrected chi connectivity index (χ3v) is 1.70. The van der Waals surface area contributed by atoms with E-state index in [1.54, 1.807) is 11.8 Å². The summed E-state index contributed by atoms with van der Waals surface area (Å²) < 4.78 is 11.9. The van der Waals surface area contributed by atoms with Gasteiger partial charge in [0.25, 0.3) is 0 Å². The van der Waals surface area contributed by atoms with E-state index in [0.29, 0.717) is 19.8 Å². The maximum atomic E-state index is 5.28. The topological polar surface area (TPSA) is 48.3 Å². The summed E-state index contributed by atoms with van der Waals surface area (Å²) in [6, 6.07) is 1.93.